The van der Waals surface area contributed by atoms with Gasteiger partial charge in [-0.15, -0.1) is 0 Å². The molecule has 1 aromatic carbocycles. The highest BCUT2D eigenvalue weighted by Crippen LogP contribution is 2.26. The van der Waals surface area contributed by atoms with Crippen LogP contribution in [0.5, 0.6) is 0 Å². The smallest absolute Gasteiger partial charge is 0.0453 e. The standard InChI is InChI=1S/C16H18Cl2N2/c1-2-19-13(10-12-6-3-4-9-20-12)11-14-15(17)7-5-8-16(14)18/h3-9,13,19H,2,10-11H2,1H3. The van der Waals surface area contributed by atoms with Crippen LogP contribution in [0.25, 0.3) is 0 Å². The first kappa shape index (κ1) is 15.3. The molecular formula is C16H18Cl2N2. The number of pyridine rings is 1. The van der Waals surface area contributed by atoms with Crippen molar-refractivity contribution < 1.29 is 0 Å². The van der Waals surface area contributed by atoms with Gasteiger partial charge < -0.3 is 5.32 Å². The predicted octanol–water partition coefficient (Wildman–Crippen LogP) is 4.15. The van der Waals surface area contributed by atoms with Gasteiger partial charge in [-0.3, -0.25) is 4.98 Å². The van der Waals surface area contributed by atoms with Crippen LogP contribution in [0.4, 0.5) is 0 Å². The molecule has 4 heteroatoms. The summed E-state index contributed by atoms with van der Waals surface area (Å²) in [5.41, 5.74) is 2.07. The fraction of sp³-hybridized carbons (Fsp3) is 0.312. The highest BCUT2D eigenvalue weighted by atomic mass is 35.5. The van der Waals surface area contributed by atoms with Gasteiger partial charge in [-0.2, -0.15) is 0 Å². The fourth-order valence-electron chi connectivity index (χ4n) is 2.25. The maximum atomic E-state index is 6.25. The maximum absolute atomic E-state index is 6.25. The summed E-state index contributed by atoms with van der Waals surface area (Å²) in [6, 6.07) is 11.9. The predicted molar refractivity (Wildman–Crippen MR) is 85.6 cm³/mol. The summed E-state index contributed by atoms with van der Waals surface area (Å²) >= 11 is 12.5. The molecule has 1 N–H and O–H groups in total. The number of nitrogens with zero attached hydrogens (tertiary/aromatic N) is 1. The van der Waals surface area contributed by atoms with Gasteiger partial charge in [-0.1, -0.05) is 42.3 Å². The molecule has 2 rings (SSSR count). The van der Waals surface area contributed by atoms with Crippen LogP contribution >= 0.6 is 23.2 Å². The molecule has 1 atom stereocenters. The van der Waals surface area contributed by atoms with Crippen LogP contribution in [0.1, 0.15) is 18.2 Å². The molecule has 1 heterocycles. The highest BCUT2D eigenvalue weighted by Gasteiger charge is 2.14. The molecule has 0 saturated carbocycles. The van der Waals surface area contributed by atoms with E-state index < -0.39 is 0 Å². The topological polar surface area (TPSA) is 24.9 Å². The van der Waals surface area contributed by atoms with E-state index in [1.807, 2.05) is 42.6 Å². The molecule has 0 aliphatic rings. The Morgan fingerprint density at radius 1 is 1.05 bits per heavy atom. The zero-order valence-electron chi connectivity index (χ0n) is 11.4. The zero-order valence-corrected chi connectivity index (χ0v) is 13.0. The lowest BCUT2D eigenvalue weighted by atomic mass is 10.0. The van der Waals surface area contributed by atoms with Crippen molar-refractivity contribution in [3.63, 3.8) is 0 Å². The summed E-state index contributed by atoms with van der Waals surface area (Å²) in [4.78, 5) is 4.38. The van der Waals surface area contributed by atoms with Crippen LogP contribution in [0.3, 0.4) is 0 Å². The molecule has 0 saturated heterocycles. The number of aromatic nitrogens is 1. The number of hydrogen-bond acceptors (Lipinski definition) is 2. The average molecular weight is 309 g/mol. The van der Waals surface area contributed by atoms with Crippen molar-refractivity contribution in [3.05, 3.63) is 63.9 Å². The summed E-state index contributed by atoms with van der Waals surface area (Å²) in [5.74, 6) is 0. The Morgan fingerprint density at radius 3 is 2.40 bits per heavy atom. The Morgan fingerprint density at radius 2 is 1.80 bits per heavy atom. The highest BCUT2D eigenvalue weighted by molar-refractivity contribution is 6.36. The van der Waals surface area contributed by atoms with E-state index in [9.17, 15) is 0 Å². The van der Waals surface area contributed by atoms with Gasteiger partial charge in [0.05, 0.1) is 0 Å². The van der Waals surface area contributed by atoms with Gasteiger partial charge in [0, 0.05) is 34.4 Å². The molecule has 2 aromatic rings. The molecular weight excluding hydrogens is 291 g/mol. The van der Waals surface area contributed by atoms with Crippen LogP contribution in [0.15, 0.2) is 42.6 Å². The lowest BCUT2D eigenvalue weighted by molar-refractivity contribution is 0.516. The van der Waals surface area contributed by atoms with E-state index in [0.29, 0.717) is 0 Å². The van der Waals surface area contributed by atoms with Crippen molar-refractivity contribution in [1.82, 2.24) is 10.3 Å². The number of rotatable bonds is 6. The Hall–Kier alpha value is -1.09. The van der Waals surface area contributed by atoms with Crippen LogP contribution in [0.2, 0.25) is 10.0 Å². The van der Waals surface area contributed by atoms with E-state index in [0.717, 1.165) is 40.7 Å². The van der Waals surface area contributed by atoms with E-state index in [-0.39, 0.29) is 6.04 Å². The summed E-state index contributed by atoms with van der Waals surface area (Å²) in [7, 11) is 0. The first-order chi connectivity index (χ1) is 9.70. The molecule has 0 aliphatic heterocycles. The Bertz CT molecular complexity index is 523. The van der Waals surface area contributed by atoms with E-state index in [1.165, 1.54) is 0 Å². The summed E-state index contributed by atoms with van der Waals surface area (Å²) < 4.78 is 0. The van der Waals surface area contributed by atoms with Gasteiger partial charge in [-0.25, -0.2) is 0 Å². The Labute approximate surface area is 130 Å². The molecule has 0 fully saturated rings. The van der Waals surface area contributed by atoms with Crippen molar-refractivity contribution in [2.75, 3.05) is 6.54 Å². The van der Waals surface area contributed by atoms with Crippen molar-refractivity contribution in [2.45, 2.75) is 25.8 Å². The second-order valence-corrected chi connectivity index (χ2v) is 5.50. The molecule has 2 nitrogen and oxygen atoms in total. The van der Waals surface area contributed by atoms with Crippen LogP contribution in [0, 0.1) is 0 Å². The van der Waals surface area contributed by atoms with Gasteiger partial charge in [0.2, 0.25) is 0 Å². The Balaban J connectivity index is 2.13. The van der Waals surface area contributed by atoms with Crippen molar-refractivity contribution in [2.24, 2.45) is 0 Å². The van der Waals surface area contributed by atoms with Crippen molar-refractivity contribution >= 4 is 23.2 Å². The first-order valence-electron chi connectivity index (χ1n) is 6.77. The minimum Gasteiger partial charge on any atom is -0.314 e. The van der Waals surface area contributed by atoms with E-state index in [4.69, 9.17) is 23.2 Å². The van der Waals surface area contributed by atoms with Gasteiger partial charge in [0.25, 0.3) is 0 Å². The largest absolute Gasteiger partial charge is 0.314 e. The third-order valence-corrected chi connectivity index (χ3v) is 3.89. The number of halogens is 2. The molecule has 1 unspecified atom stereocenters. The molecule has 0 amide bonds. The zero-order chi connectivity index (χ0) is 14.4. The number of hydrogen-bond donors (Lipinski definition) is 1. The second-order valence-electron chi connectivity index (χ2n) is 4.68. The van der Waals surface area contributed by atoms with Crippen LogP contribution in [-0.2, 0) is 12.8 Å². The SMILES string of the molecule is CCNC(Cc1ccccn1)Cc1c(Cl)cccc1Cl. The molecule has 0 aliphatic carbocycles. The maximum Gasteiger partial charge on any atom is 0.0453 e. The van der Waals surface area contributed by atoms with Crippen molar-refractivity contribution in [3.8, 4) is 0 Å². The number of benzene rings is 1. The molecule has 0 radical (unpaired) electrons. The van der Waals surface area contributed by atoms with Crippen LogP contribution in [-0.4, -0.2) is 17.6 Å². The minimum atomic E-state index is 0.271. The Kier molecular flexibility index (Phi) is 5.84. The molecule has 0 bridgehead atoms. The van der Waals surface area contributed by atoms with E-state index in [1.54, 1.807) is 0 Å². The monoisotopic (exact) mass is 308 g/mol. The minimum absolute atomic E-state index is 0.271. The van der Waals surface area contributed by atoms with Gasteiger partial charge >= 0.3 is 0 Å². The second kappa shape index (κ2) is 7.63. The first-order valence-corrected chi connectivity index (χ1v) is 7.52. The van der Waals surface area contributed by atoms with Crippen molar-refractivity contribution in [1.29, 1.82) is 0 Å². The number of nitrogens with one attached hydrogen (secondary N) is 1. The van der Waals surface area contributed by atoms with E-state index in [2.05, 4.69) is 17.2 Å². The molecule has 1 aromatic heterocycles. The lowest BCUT2D eigenvalue weighted by Gasteiger charge is -2.19. The number of likely N-dealkylation sites (N-methyl/N-ethyl adjacent to an activating group) is 1. The summed E-state index contributed by atoms with van der Waals surface area (Å²) in [5, 5.41) is 4.92. The quantitative estimate of drug-likeness (QED) is 0.867. The summed E-state index contributed by atoms with van der Waals surface area (Å²) in [6.45, 7) is 3.00. The molecule has 20 heavy (non-hydrogen) atoms. The van der Waals surface area contributed by atoms with Gasteiger partial charge in [0.1, 0.15) is 0 Å². The lowest BCUT2D eigenvalue weighted by Crippen LogP contribution is -2.33. The fourth-order valence-corrected chi connectivity index (χ4v) is 2.80. The third-order valence-electron chi connectivity index (χ3n) is 3.19. The average Bonchev–Trinajstić information content (AvgIpc) is 2.44. The molecule has 0 spiro atoms. The molecule has 106 valence electrons. The summed E-state index contributed by atoms with van der Waals surface area (Å²) in [6.07, 6.45) is 3.47. The van der Waals surface area contributed by atoms with Crippen LogP contribution < -0.4 is 5.32 Å². The van der Waals surface area contributed by atoms with Gasteiger partial charge in [0.15, 0.2) is 0 Å². The normalized spacial score (nSPS) is 12.3. The van der Waals surface area contributed by atoms with E-state index >= 15 is 0 Å². The van der Waals surface area contributed by atoms with Gasteiger partial charge in [-0.05, 0) is 42.8 Å². The third kappa shape index (κ3) is 4.20.